The van der Waals surface area contributed by atoms with Gasteiger partial charge >= 0.3 is 5.97 Å². The normalized spacial score (nSPS) is 12.5. The predicted octanol–water partition coefficient (Wildman–Crippen LogP) is 3.63. The van der Waals surface area contributed by atoms with Crippen molar-refractivity contribution in [2.75, 3.05) is 0 Å². The maximum Gasteiger partial charge on any atom is 0.309 e. The van der Waals surface area contributed by atoms with Gasteiger partial charge in [0.1, 0.15) is 5.67 Å². The zero-order chi connectivity index (χ0) is 14.0. The molecule has 0 atom stereocenters. The summed E-state index contributed by atoms with van der Waals surface area (Å²) in [7, 11) is 0. The lowest BCUT2D eigenvalue weighted by molar-refractivity contribution is -0.146. The number of carboxylic acid groups (broad SMARTS) is 1. The second-order valence-electron chi connectivity index (χ2n) is 6.03. The highest BCUT2D eigenvalue weighted by atomic mass is 19.1. The maximum absolute atomic E-state index is 13.7. The molecular weight excluding hydrogens is 231 g/mol. The number of benzene rings is 1. The van der Waals surface area contributed by atoms with Crippen LogP contribution in [0, 0.1) is 5.41 Å². The van der Waals surface area contributed by atoms with Crippen molar-refractivity contribution < 1.29 is 14.3 Å². The summed E-state index contributed by atoms with van der Waals surface area (Å²) in [4.78, 5) is 11.1. The lowest BCUT2D eigenvalue weighted by atomic mass is 9.83. The van der Waals surface area contributed by atoms with E-state index in [9.17, 15) is 9.18 Å². The first-order valence-electron chi connectivity index (χ1n) is 6.11. The average molecular weight is 252 g/mol. The van der Waals surface area contributed by atoms with Crippen LogP contribution in [0.1, 0.15) is 38.8 Å². The van der Waals surface area contributed by atoms with E-state index in [2.05, 4.69) is 0 Å². The van der Waals surface area contributed by atoms with E-state index in [1.165, 1.54) is 13.8 Å². The number of carbonyl (C=O) groups is 1. The molecule has 0 aromatic heterocycles. The van der Waals surface area contributed by atoms with Crippen LogP contribution < -0.4 is 0 Å². The highest BCUT2D eigenvalue weighted by Crippen LogP contribution is 2.27. The van der Waals surface area contributed by atoms with E-state index in [0.29, 0.717) is 12.8 Å². The van der Waals surface area contributed by atoms with Gasteiger partial charge in [0.05, 0.1) is 5.41 Å². The minimum absolute atomic E-state index is 0.304. The number of hydrogen-bond acceptors (Lipinski definition) is 1. The third kappa shape index (κ3) is 4.13. The summed E-state index contributed by atoms with van der Waals surface area (Å²) in [6, 6.07) is 7.47. The molecule has 0 amide bonds. The minimum atomic E-state index is -1.29. The molecule has 0 radical (unpaired) electrons. The van der Waals surface area contributed by atoms with Crippen LogP contribution in [0.4, 0.5) is 4.39 Å². The van der Waals surface area contributed by atoms with E-state index in [1.54, 1.807) is 13.8 Å². The molecule has 2 nitrogen and oxygen atoms in total. The first kappa shape index (κ1) is 14.7. The van der Waals surface area contributed by atoms with Gasteiger partial charge in [-0.1, -0.05) is 24.3 Å². The molecule has 0 aliphatic rings. The van der Waals surface area contributed by atoms with Crippen LogP contribution in [0.15, 0.2) is 24.3 Å². The highest BCUT2D eigenvalue weighted by molar-refractivity contribution is 5.74. The van der Waals surface area contributed by atoms with E-state index in [4.69, 9.17) is 5.11 Å². The molecule has 1 rings (SSSR count). The number of hydrogen-bond donors (Lipinski definition) is 1. The van der Waals surface area contributed by atoms with Crippen molar-refractivity contribution >= 4 is 5.97 Å². The monoisotopic (exact) mass is 252 g/mol. The molecule has 1 aromatic rings. The lowest BCUT2D eigenvalue weighted by Gasteiger charge is -2.23. The summed E-state index contributed by atoms with van der Waals surface area (Å²) in [6.07, 6.45) is 0.716. The van der Waals surface area contributed by atoms with Gasteiger partial charge in [-0.05, 0) is 45.2 Å². The summed E-state index contributed by atoms with van der Waals surface area (Å²) in [5.74, 6) is -0.836. The summed E-state index contributed by atoms with van der Waals surface area (Å²) in [6.45, 7) is 6.44. The topological polar surface area (TPSA) is 37.3 Å². The molecular formula is C15H21FO2. The molecule has 100 valence electrons. The smallest absolute Gasteiger partial charge is 0.309 e. The molecule has 0 heterocycles. The fourth-order valence-electron chi connectivity index (χ4n) is 1.91. The van der Waals surface area contributed by atoms with E-state index in [0.717, 1.165) is 11.1 Å². The highest BCUT2D eigenvalue weighted by Gasteiger charge is 2.29. The molecule has 1 aromatic carbocycles. The molecule has 0 bridgehead atoms. The predicted molar refractivity (Wildman–Crippen MR) is 70.5 cm³/mol. The van der Waals surface area contributed by atoms with Crippen LogP contribution in [-0.4, -0.2) is 16.7 Å². The SMILES string of the molecule is CC(C)(F)Cc1ccccc1CC(C)(C)C(=O)O. The van der Waals surface area contributed by atoms with Gasteiger partial charge in [-0.3, -0.25) is 4.79 Å². The Morgan fingerprint density at radius 3 is 1.94 bits per heavy atom. The van der Waals surface area contributed by atoms with Gasteiger partial charge in [-0.2, -0.15) is 0 Å². The van der Waals surface area contributed by atoms with Crippen molar-refractivity contribution in [1.29, 1.82) is 0 Å². The molecule has 0 fully saturated rings. The van der Waals surface area contributed by atoms with Crippen LogP contribution in [-0.2, 0) is 17.6 Å². The quantitative estimate of drug-likeness (QED) is 0.868. The zero-order valence-electron chi connectivity index (χ0n) is 11.5. The molecule has 0 saturated heterocycles. The first-order valence-corrected chi connectivity index (χ1v) is 6.11. The molecule has 0 aliphatic heterocycles. The lowest BCUT2D eigenvalue weighted by Crippen LogP contribution is -2.27. The summed E-state index contributed by atoms with van der Waals surface area (Å²) < 4.78 is 13.7. The Balaban J connectivity index is 3.00. The number of carboxylic acids is 1. The molecule has 0 spiro atoms. The van der Waals surface area contributed by atoms with Gasteiger partial charge in [0, 0.05) is 6.42 Å². The third-order valence-corrected chi connectivity index (χ3v) is 2.94. The van der Waals surface area contributed by atoms with Crippen LogP contribution in [0.25, 0.3) is 0 Å². The first-order chi connectivity index (χ1) is 8.12. The van der Waals surface area contributed by atoms with Crippen molar-refractivity contribution in [3.8, 4) is 0 Å². The molecule has 1 N–H and O–H groups in total. The third-order valence-electron chi connectivity index (χ3n) is 2.94. The Kier molecular flexibility index (Phi) is 4.15. The summed E-state index contributed by atoms with van der Waals surface area (Å²) in [5.41, 5.74) is -0.324. The molecule has 0 aliphatic carbocycles. The standard InChI is InChI=1S/C15H21FO2/c1-14(2,13(17)18)9-11-7-5-6-8-12(11)10-15(3,4)16/h5-8H,9-10H2,1-4H3,(H,17,18). The van der Waals surface area contributed by atoms with Gasteiger partial charge in [-0.15, -0.1) is 0 Å². The van der Waals surface area contributed by atoms with Crippen molar-refractivity contribution in [3.05, 3.63) is 35.4 Å². The molecule has 18 heavy (non-hydrogen) atoms. The number of halogens is 1. The van der Waals surface area contributed by atoms with E-state index in [-0.39, 0.29) is 0 Å². The van der Waals surface area contributed by atoms with E-state index >= 15 is 0 Å². The second-order valence-corrected chi connectivity index (χ2v) is 6.03. The number of aliphatic carboxylic acids is 1. The van der Waals surface area contributed by atoms with Crippen LogP contribution in [0.2, 0.25) is 0 Å². The maximum atomic E-state index is 13.7. The Morgan fingerprint density at radius 1 is 1.11 bits per heavy atom. The van der Waals surface area contributed by atoms with E-state index in [1.807, 2.05) is 24.3 Å². The molecule has 0 unspecified atom stereocenters. The Bertz CT molecular complexity index is 430. The largest absolute Gasteiger partial charge is 0.481 e. The van der Waals surface area contributed by atoms with Gasteiger partial charge < -0.3 is 5.11 Å². The minimum Gasteiger partial charge on any atom is -0.481 e. The summed E-state index contributed by atoms with van der Waals surface area (Å²) in [5, 5.41) is 9.15. The van der Waals surface area contributed by atoms with Crippen molar-refractivity contribution in [2.24, 2.45) is 5.41 Å². The second kappa shape index (κ2) is 5.09. The van der Waals surface area contributed by atoms with Gasteiger partial charge in [0.2, 0.25) is 0 Å². The molecule has 0 saturated carbocycles. The van der Waals surface area contributed by atoms with Crippen molar-refractivity contribution in [2.45, 2.75) is 46.2 Å². The average Bonchev–Trinajstić information content (AvgIpc) is 2.18. The summed E-state index contributed by atoms with van der Waals surface area (Å²) >= 11 is 0. The molecule has 3 heteroatoms. The fourth-order valence-corrected chi connectivity index (χ4v) is 1.91. The van der Waals surface area contributed by atoms with Crippen LogP contribution in [0.3, 0.4) is 0 Å². The van der Waals surface area contributed by atoms with Gasteiger partial charge in [0.25, 0.3) is 0 Å². The number of alkyl halides is 1. The van der Waals surface area contributed by atoms with Crippen molar-refractivity contribution in [1.82, 2.24) is 0 Å². The van der Waals surface area contributed by atoms with Gasteiger partial charge in [-0.25, -0.2) is 4.39 Å². The van der Waals surface area contributed by atoms with Crippen LogP contribution >= 0.6 is 0 Å². The number of rotatable bonds is 5. The Hall–Kier alpha value is -1.38. The van der Waals surface area contributed by atoms with Crippen LogP contribution in [0.5, 0.6) is 0 Å². The Labute approximate surface area is 108 Å². The van der Waals surface area contributed by atoms with Crippen molar-refractivity contribution in [3.63, 3.8) is 0 Å². The zero-order valence-corrected chi connectivity index (χ0v) is 11.5. The Morgan fingerprint density at radius 2 is 1.56 bits per heavy atom. The fraction of sp³-hybridized carbons (Fsp3) is 0.533. The van der Waals surface area contributed by atoms with E-state index < -0.39 is 17.1 Å². The van der Waals surface area contributed by atoms with Gasteiger partial charge in [0.15, 0.2) is 0 Å².